The van der Waals surface area contributed by atoms with Crippen LogP contribution in [0.2, 0.25) is 5.02 Å². The monoisotopic (exact) mass is 392 g/mol. The van der Waals surface area contributed by atoms with Gasteiger partial charge in [0.05, 0.1) is 10.9 Å². The smallest absolute Gasteiger partial charge is 0.243 e. The van der Waals surface area contributed by atoms with Crippen LogP contribution in [0.4, 0.5) is 0 Å². The van der Waals surface area contributed by atoms with Gasteiger partial charge in [-0.3, -0.25) is 4.79 Å². The lowest BCUT2D eigenvalue weighted by atomic mass is 10.1. The Labute approximate surface area is 159 Å². The first-order valence-corrected chi connectivity index (χ1v) is 10.4. The van der Waals surface area contributed by atoms with Crippen LogP contribution in [0, 0.1) is 0 Å². The molecule has 1 heterocycles. The van der Waals surface area contributed by atoms with E-state index >= 15 is 0 Å². The number of nitrogens with one attached hydrogen (secondary N) is 1. The van der Waals surface area contributed by atoms with E-state index in [1.807, 2.05) is 12.1 Å². The summed E-state index contributed by atoms with van der Waals surface area (Å²) in [5.41, 5.74) is 1.26. The van der Waals surface area contributed by atoms with Gasteiger partial charge in [0.2, 0.25) is 10.0 Å². The normalized spacial score (nSPS) is 18.6. The maximum Gasteiger partial charge on any atom is 0.243 e. The van der Waals surface area contributed by atoms with Gasteiger partial charge in [-0.1, -0.05) is 42.8 Å². The zero-order valence-electron chi connectivity index (χ0n) is 14.5. The third-order valence-corrected chi connectivity index (χ3v) is 6.65. The third-order valence-electron chi connectivity index (χ3n) is 4.51. The number of ketones is 1. The first-order valence-electron chi connectivity index (χ1n) is 8.54. The Morgan fingerprint density at radius 3 is 2.73 bits per heavy atom. The van der Waals surface area contributed by atoms with E-state index in [-0.39, 0.29) is 16.7 Å². The van der Waals surface area contributed by atoms with E-state index in [0.29, 0.717) is 36.6 Å². The standard InChI is InChI=1S/C19H21ClN2O3S/c1-2-19(23)15-6-4-8-17(12-15)26(24,25)22-10-9-21-13-18(22)14-5-3-7-16(20)11-14/h3-8,11-12,18,21H,2,9-10,13H2,1H3. The van der Waals surface area contributed by atoms with Crippen molar-refractivity contribution in [3.63, 3.8) is 0 Å². The van der Waals surface area contributed by atoms with E-state index in [0.717, 1.165) is 5.56 Å². The molecule has 1 atom stereocenters. The molecule has 0 saturated carbocycles. The van der Waals surface area contributed by atoms with E-state index in [4.69, 9.17) is 11.6 Å². The van der Waals surface area contributed by atoms with Crippen molar-refractivity contribution in [2.75, 3.05) is 19.6 Å². The molecule has 1 aliphatic heterocycles. The first kappa shape index (κ1) is 19.0. The van der Waals surface area contributed by atoms with Gasteiger partial charge in [0.25, 0.3) is 0 Å². The molecule has 0 spiro atoms. The molecular weight excluding hydrogens is 372 g/mol. The lowest BCUT2D eigenvalue weighted by Gasteiger charge is -2.35. The van der Waals surface area contributed by atoms with Crippen molar-refractivity contribution in [1.29, 1.82) is 0 Å². The fraction of sp³-hybridized carbons (Fsp3) is 0.316. The molecule has 1 fully saturated rings. The van der Waals surface area contributed by atoms with E-state index < -0.39 is 10.0 Å². The maximum absolute atomic E-state index is 13.3. The fourth-order valence-corrected chi connectivity index (χ4v) is 5.00. The number of hydrogen-bond donors (Lipinski definition) is 1. The molecule has 26 heavy (non-hydrogen) atoms. The number of carbonyl (C=O) groups is 1. The number of hydrogen-bond acceptors (Lipinski definition) is 4. The minimum absolute atomic E-state index is 0.0752. The summed E-state index contributed by atoms with van der Waals surface area (Å²) in [6, 6.07) is 13.2. The number of rotatable bonds is 5. The van der Waals surface area contributed by atoms with E-state index in [2.05, 4.69) is 5.32 Å². The number of nitrogens with zero attached hydrogens (tertiary/aromatic N) is 1. The Hall–Kier alpha value is -1.73. The Morgan fingerprint density at radius 2 is 2.00 bits per heavy atom. The zero-order valence-corrected chi connectivity index (χ0v) is 16.1. The molecule has 1 N–H and O–H groups in total. The number of sulfonamides is 1. The van der Waals surface area contributed by atoms with Crippen LogP contribution >= 0.6 is 11.6 Å². The van der Waals surface area contributed by atoms with Crippen LogP contribution < -0.4 is 5.32 Å². The highest BCUT2D eigenvalue weighted by Crippen LogP contribution is 2.30. The SMILES string of the molecule is CCC(=O)c1cccc(S(=O)(=O)N2CCNCC2c2cccc(Cl)c2)c1. The molecule has 5 nitrogen and oxygen atoms in total. The molecule has 1 unspecified atom stereocenters. The number of Topliss-reactive ketones (excluding diaryl/α,β-unsaturated/α-hetero) is 1. The fourth-order valence-electron chi connectivity index (χ4n) is 3.14. The number of benzene rings is 2. The van der Waals surface area contributed by atoms with Crippen molar-refractivity contribution in [3.8, 4) is 0 Å². The van der Waals surface area contributed by atoms with E-state index in [1.54, 1.807) is 37.3 Å². The summed E-state index contributed by atoms with van der Waals surface area (Å²) in [6.45, 7) is 3.19. The summed E-state index contributed by atoms with van der Waals surface area (Å²) >= 11 is 6.09. The molecule has 2 aromatic rings. The van der Waals surface area contributed by atoms with Crippen LogP contribution in [0.15, 0.2) is 53.4 Å². The summed E-state index contributed by atoms with van der Waals surface area (Å²) in [6.07, 6.45) is 0.336. The topological polar surface area (TPSA) is 66.5 Å². The Kier molecular flexibility index (Phi) is 5.77. The minimum atomic E-state index is -3.74. The van der Waals surface area contributed by atoms with Gasteiger partial charge in [-0.25, -0.2) is 8.42 Å². The average molecular weight is 393 g/mol. The highest BCUT2D eigenvalue weighted by Gasteiger charge is 2.34. The van der Waals surface area contributed by atoms with Crippen LogP contribution in [0.25, 0.3) is 0 Å². The molecular formula is C19H21ClN2O3S. The lowest BCUT2D eigenvalue weighted by Crippen LogP contribution is -2.48. The molecule has 1 aliphatic rings. The van der Waals surface area contributed by atoms with E-state index in [1.165, 1.54) is 10.4 Å². The van der Waals surface area contributed by atoms with Gasteiger partial charge in [-0.05, 0) is 29.8 Å². The van der Waals surface area contributed by atoms with Crippen molar-refractivity contribution < 1.29 is 13.2 Å². The summed E-state index contributed by atoms with van der Waals surface area (Å²) in [4.78, 5) is 12.1. The predicted molar refractivity (Wildman–Crippen MR) is 102 cm³/mol. The van der Waals surface area contributed by atoms with Crippen molar-refractivity contribution in [2.24, 2.45) is 0 Å². The molecule has 0 aromatic heterocycles. The summed E-state index contributed by atoms with van der Waals surface area (Å²) in [7, 11) is -3.74. The average Bonchev–Trinajstić information content (AvgIpc) is 2.67. The largest absolute Gasteiger partial charge is 0.313 e. The van der Waals surface area contributed by atoms with Crippen molar-refractivity contribution in [1.82, 2.24) is 9.62 Å². The molecule has 1 saturated heterocycles. The Balaban J connectivity index is 2.00. The molecule has 0 aliphatic carbocycles. The van der Waals surface area contributed by atoms with Gasteiger partial charge in [-0.15, -0.1) is 0 Å². The Bertz CT molecular complexity index is 915. The Morgan fingerprint density at radius 1 is 1.23 bits per heavy atom. The van der Waals surface area contributed by atoms with Gasteiger partial charge in [0, 0.05) is 36.6 Å². The van der Waals surface area contributed by atoms with Gasteiger partial charge >= 0.3 is 0 Å². The highest BCUT2D eigenvalue weighted by molar-refractivity contribution is 7.89. The molecule has 7 heteroatoms. The van der Waals surface area contributed by atoms with Crippen LogP contribution in [-0.2, 0) is 10.0 Å². The molecule has 138 valence electrons. The number of piperazine rings is 1. The van der Waals surface area contributed by atoms with Crippen LogP contribution in [0.5, 0.6) is 0 Å². The summed E-state index contributed by atoms with van der Waals surface area (Å²) < 4.78 is 28.0. The molecule has 2 aromatic carbocycles. The molecule has 0 amide bonds. The van der Waals surface area contributed by atoms with E-state index in [9.17, 15) is 13.2 Å². The van der Waals surface area contributed by atoms with Gasteiger partial charge in [-0.2, -0.15) is 4.31 Å². The zero-order chi connectivity index (χ0) is 18.7. The van der Waals surface area contributed by atoms with Crippen molar-refractivity contribution in [2.45, 2.75) is 24.3 Å². The summed E-state index contributed by atoms with van der Waals surface area (Å²) in [5, 5.41) is 3.81. The van der Waals surface area contributed by atoms with Crippen molar-refractivity contribution >= 4 is 27.4 Å². The third kappa shape index (κ3) is 3.83. The second kappa shape index (κ2) is 7.88. The molecule has 0 radical (unpaired) electrons. The second-order valence-corrected chi connectivity index (χ2v) is 8.52. The highest BCUT2D eigenvalue weighted by atomic mass is 35.5. The van der Waals surface area contributed by atoms with Crippen LogP contribution in [-0.4, -0.2) is 38.1 Å². The quantitative estimate of drug-likeness (QED) is 0.793. The van der Waals surface area contributed by atoms with Crippen molar-refractivity contribution in [3.05, 3.63) is 64.7 Å². The number of halogens is 1. The maximum atomic E-state index is 13.3. The molecule has 3 rings (SSSR count). The van der Waals surface area contributed by atoms with Crippen LogP contribution in [0.1, 0.15) is 35.3 Å². The summed E-state index contributed by atoms with van der Waals surface area (Å²) in [5.74, 6) is -0.0752. The minimum Gasteiger partial charge on any atom is -0.313 e. The van der Waals surface area contributed by atoms with Gasteiger partial charge in [0.15, 0.2) is 5.78 Å². The van der Waals surface area contributed by atoms with Gasteiger partial charge in [0.1, 0.15) is 0 Å². The van der Waals surface area contributed by atoms with Gasteiger partial charge < -0.3 is 5.32 Å². The molecule has 0 bridgehead atoms. The predicted octanol–water partition coefficient (Wildman–Crippen LogP) is 3.27. The lowest BCUT2D eigenvalue weighted by molar-refractivity contribution is 0.0988. The van der Waals surface area contributed by atoms with Crippen LogP contribution in [0.3, 0.4) is 0 Å². The number of carbonyl (C=O) groups excluding carboxylic acids is 1. The first-order chi connectivity index (χ1) is 12.4. The second-order valence-electron chi connectivity index (χ2n) is 6.20.